The summed E-state index contributed by atoms with van der Waals surface area (Å²) in [5.41, 5.74) is 1.46. The quantitative estimate of drug-likeness (QED) is 0.674. The fourth-order valence-corrected chi connectivity index (χ4v) is 2.27. The van der Waals surface area contributed by atoms with Crippen molar-refractivity contribution in [2.45, 2.75) is 45.4 Å². The Kier molecular flexibility index (Phi) is 6.65. The molecule has 0 spiro atoms. The Labute approximate surface area is 109 Å². The zero-order valence-electron chi connectivity index (χ0n) is 11.2. The molecule has 0 aliphatic heterocycles. The van der Waals surface area contributed by atoms with Crippen LogP contribution in [0.3, 0.4) is 0 Å². The molecule has 0 fully saturated rings. The minimum atomic E-state index is -0.805. The van der Waals surface area contributed by atoms with Crippen LogP contribution >= 0.6 is 0 Å². The van der Waals surface area contributed by atoms with Gasteiger partial charge in [0.25, 0.3) is 0 Å². The van der Waals surface area contributed by atoms with Gasteiger partial charge in [-0.1, -0.05) is 11.6 Å². The van der Waals surface area contributed by atoms with Crippen LogP contribution in [-0.2, 0) is 9.59 Å². The zero-order valence-corrected chi connectivity index (χ0v) is 11.2. The van der Waals surface area contributed by atoms with Crippen molar-refractivity contribution in [2.24, 2.45) is 0 Å². The monoisotopic (exact) mass is 253 g/mol. The van der Waals surface area contributed by atoms with E-state index in [0.29, 0.717) is 13.1 Å². The number of rotatable bonds is 8. The molecule has 102 valence electrons. The summed E-state index contributed by atoms with van der Waals surface area (Å²) in [6.45, 7) is 3.16. The molecule has 0 heterocycles. The standard InChI is InChI=1S/C14H23NO3/c1-12(16)11-15(10-8-14(17)18)9-7-13-5-3-2-4-6-13/h5H,2-4,6-11H2,1H3,(H,17,18). The maximum atomic E-state index is 11.1. The topological polar surface area (TPSA) is 57.6 Å². The van der Waals surface area contributed by atoms with Crippen molar-refractivity contribution in [1.82, 2.24) is 4.90 Å². The highest BCUT2D eigenvalue weighted by atomic mass is 16.4. The Morgan fingerprint density at radius 3 is 2.67 bits per heavy atom. The van der Waals surface area contributed by atoms with Crippen LogP contribution in [0.25, 0.3) is 0 Å². The first-order valence-corrected chi connectivity index (χ1v) is 6.69. The van der Waals surface area contributed by atoms with Crippen LogP contribution in [-0.4, -0.2) is 41.4 Å². The summed E-state index contributed by atoms with van der Waals surface area (Å²) in [6, 6.07) is 0. The number of carbonyl (C=O) groups is 2. The molecule has 0 unspecified atom stereocenters. The van der Waals surface area contributed by atoms with Crippen molar-refractivity contribution in [3.05, 3.63) is 11.6 Å². The molecule has 0 amide bonds. The zero-order chi connectivity index (χ0) is 13.4. The third-order valence-electron chi connectivity index (χ3n) is 3.22. The Bertz CT molecular complexity index is 323. The van der Waals surface area contributed by atoms with E-state index in [0.717, 1.165) is 25.8 Å². The summed E-state index contributed by atoms with van der Waals surface area (Å²) in [7, 11) is 0. The Balaban J connectivity index is 2.36. The molecule has 1 aliphatic rings. The lowest BCUT2D eigenvalue weighted by Gasteiger charge is -2.21. The van der Waals surface area contributed by atoms with Gasteiger partial charge in [0.05, 0.1) is 13.0 Å². The van der Waals surface area contributed by atoms with E-state index in [9.17, 15) is 9.59 Å². The van der Waals surface area contributed by atoms with E-state index in [2.05, 4.69) is 6.08 Å². The van der Waals surface area contributed by atoms with Crippen LogP contribution in [0.2, 0.25) is 0 Å². The van der Waals surface area contributed by atoms with Gasteiger partial charge in [0.1, 0.15) is 5.78 Å². The summed E-state index contributed by atoms with van der Waals surface area (Å²) in [5.74, 6) is -0.710. The van der Waals surface area contributed by atoms with E-state index < -0.39 is 5.97 Å². The maximum absolute atomic E-state index is 11.1. The second-order valence-corrected chi connectivity index (χ2v) is 4.98. The first kappa shape index (κ1) is 14.9. The van der Waals surface area contributed by atoms with Crippen molar-refractivity contribution in [2.75, 3.05) is 19.6 Å². The maximum Gasteiger partial charge on any atom is 0.304 e. The predicted molar refractivity (Wildman–Crippen MR) is 70.5 cm³/mol. The molecule has 0 bridgehead atoms. The van der Waals surface area contributed by atoms with Gasteiger partial charge in [-0.25, -0.2) is 0 Å². The van der Waals surface area contributed by atoms with Gasteiger partial charge in [0.15, 0.2) is 0 Å². The van der Waals surface area contributed by atoms with Crippen LogP contribution in [0.15, 0.2) is 11.6 Å². The number of carbonyl (C=O) groups excluding carboxylic acids is 1. The third-order valence-corrected chi connectivity index (χ3v) is 3.22. The molecule has 1 aliphatic carbocycles. The molecular weight excluding hydrogens is 230 g/mol. The summed E-state index contributed by atoms with van der Waals surface area (Å²) < 4.78 is 0. The van der Waals surface area contributed by atoms with Crippen molar-refractivity contribution in [3.8, 4) is 0 Å². The van der Waals surface area contributed by atoms with Gasteiger partial charge >= 0.3 is 5.97 Å². The Hall–Kier alpha value is -1.16. The lowest BCUT2D eigenvalue weighted by Crippen LogP contribution is -2.32. The van der Waals surface area contributed by atoms with Crippen molar-refractivity contribution in [3.63, 3.8) is 0 Å². The normalized spacial score (nSPS) is 15.6. The molecule has 4 heteroatoms. The van der Waals surface area contributed by atoms with Crippen LogP contribution in [0, 0.1) is 0 Å². The van der Waals surface area contributed by atoms with Crippen LogP contribution in [0.1, 0.15) is 45.4 Å². The molecule has 0 aromatic carbocycles. The van der Waals surface area contributed by atoms with Crippen LogP contribution in [0.4, 0.5) is 0 Å². The summed E-state index contributed by atoms with van der Waals surface area (Å²) >= 11 is 0. The van der Waals surface area contributed by atoms with Crippen LogP contribution in [0.5, 0.6) is 0 Å². The summed E-state index contributed by atoms with van der Waals surface area (Å²) in [6.07, 6.45) is 8.23. The molecule has 1 N–H and O–H groups in total. The molecule has 0 saturated heterocycles. The molecule has 0 atom stereocenters. The molecule has 18 heavy (non-hydrogen) atoms. The van der Waals surface area contributed by atoms with Gasteiger partial charge in [-0.15, -0.1) is 0 Å². The Morgan fingerprint density at radius 1 is 1.33 bits per heavy atom. The third kappa shape index (κ3) is 6.55. The van der Waals surface area contributed by atoms with Crippen molar-refractivity contribution < 1.29 is 14.7 Å². The molecular formula is C14H23NO3. The number of hydrogen-bond acceptors (Lipinski definition) is 3. The molecule has 0 radical (unpaired) electrons. The fraction of sp³-hybridized carbons (Fsp3) is 0.714. The van der Waals surface area contributed by atoms with Gasteiger partial charge in [-0.05, 0) is 39.0 Å². The number of carboxylic acid groups (broad SMARTS) is 1. The largest absolute Gasteiger partial charge is 0.481 e. The number of carboxylic acids is 1. The number of hydrogen-bond donors (Lipinski definition) is 1. The molecule has 0 aromatic rings. The summed E-state index contributed by atoms with van der Waals surface area (Å²) in [5, 5.41) is 8.69. The number of aliphatic carboxylic acids is 1. The van der Waals surface area contributed by atoms with Crippen molar-refractivity contribution in [1.29, 1.82) is 0 Å². The average molecular weight is 253 g/mol. The van der Waals surface area contributed by atoms with E-state index >= 15 is 0 Å². The minimum absolute atomic E-state index is 0.0954. The van der Waals surface area contributed by atoms with Gasteiger partial charge in [0.2, 0.25) is 0 Å². The van der Waals surface area contributed by atoms with E-state index in [1.54, 1.807) is 6.92 Å². The Morgan fingerprint density at radius 2 is 2.11 bits per heavy atom. The van der Waals surface area contributed by atoms with Gasteiger partial charge in [-0.2, -0.15) is 0 Å². The van der Waals surface area contributed by atoms with Gasteiger partial charge in [0, 0.05) is 13.1 Å². The van der Waals surface area contributed by atoms with E-state index in [1.807, 2.05) is 4.90 Å². The molecule has 0 aromatic heterocycles. The lowest BCUT2D eigenvalue weighted by molar-refractivity contribution is -0.137. The second-order valence-electron chi connectivity index (χ2n) is 4.98. The number of Topliss-reactive ketones (excluding diaryl/α,β-unsaturated/α-hetero) is 1. The SMILES string of the molecule is CC(=O)CN(CCC(=O)O)CCC1=CCCCC1. The highest BCUT2D eigenvalue weighted by Crippen LogP contribution is 2.20. The van der Waals surface area contributed by atoms with E-state index in [4.69, 9.17) is 5.11 Å². The van der Waals surface area contributed by atoms with Crippen LogP contribution < -0.4 is 0 Å². The number of ketones is 1. The lowest BCUT2D eigenvalue weighted by atomic mass is 9.97. The number of nitrogens with zero attached hydrogens (tertiary/aromatic N) is 1. The summed E-state index contributed by atoms with van der Waals surface area (Å²) in [4.78, 5) is 23.7. The number of allylic oxidation sites excluding steroid dienone is 1. The predicted octanol–water partition coefficient (Wildman–Crippen LogP) is 2.24. The first-order valence-electron chi connectivity index (χ1n) is 6.69. The van der Waals surface area contributed by atoms with Crippen molar-refractivity contribution >= 4 is 11.8 Å². The highest BCUT2D eigenvalue weighted by Gasteiger charge is 2.11. The minimum Gasteiger partial charge on any atom is -0.481 e. The molecule has 0 saturated carbocycles. The second kappa shape index (κ2) is 8.03. The van der Waals surface area contributed by atoms with Gasteiger partial charge in [-0.3, -0.25) is 14.5 Å². The molecule has 1 rings (SSSR count). The molecule has 4 nitrogen and oxygen atoms in total. The first-order chi connectivity index (χ1) is 8.58. The average Bonchev–Trinajstić information content (AvgIpc) is 2.33. The smallest absolute Gasteiger partial charge is 0.304 e. The van der Waals surface area contributed by atoms with Gasteiger partial charge < -0.3 is 5.11 Å². The van der Waals surface area contributed by atoms with E-state index in [1.165, 1.54) is 18.4 Å². The fourth-order valence-electron chi connectivity index (χ4n) is 2.27. The van der Waals surface area contributed by atoms with E-state index in [-0.39, 0.29) is 12.2 Å². The highest BCUT2D eigenvalue weighted by molar-refractivity contribution is 5.77.